The quantitative estimate of drug-likeness (QED) is 0.797. The van der Waals surface area contributed by atoms with Gasteiger partial charge in [-0.3, -0.25) is 0 Å². The molecule has 0 atom stereocenters. The van der Waals surface area contributed by atoms with Gasteiger partial charge in [-0.25, -0.2) is 9.78 Å². The largest absolute Gasteiger partial charge is 0.477 e. The van der Waals surface area contributed by atoms with Gasteiger partial charge in [0.15, 0.2) is 5.82 Å². The van der Waals surface area contributed by atoms with Crippen LogP contribution in [0.2, 0.25) is 0 Å². The number of carbonyl (C=O) groups is 1. The highest BCUT2D eigenvalue weighted by atomic mass is 32.2. The van der Waals surface area contributed by atoms with Gasteiger partial charge in [0.25, 0.3) is 0 Å². The summed E-state index contributed by atoms with van der Waals surface area (Å²) in [7, 11) is 0. The third kappa shape index (κ3) is 1.96. The van der Waals surface area contributed by atoms with Gasteiger partial charge in [-0.05, 0) is 18.4 Å². The second kappa shape index (κ2) is 4.46. The maximum Gasteiger partial charge on any atom is 0.342 e. The molecule has 7 heteroatoms. The minimum Gasteiger partial charge on any atom is -0.477 e. The van der Waals surface area contributed by atoms with Crippen LogP contribution in [0.1, 0.15) is 10.4 Å². The fourth-order valence-electron chi connectivity index (χ4n) is 1.41. The second-order valence-electron chi connectivity index (χ2n) is 3.17. The molecule has 17 heavy (non-hydrogen) atoms. The number of rotatable bonds is 3. The molecule has 0 radical (unpaired) electrons. The number of thioether (sulfide) groups is 1. The first kappa shape index (κ1) is 11.5. The molecule has 0 bridgehead atoms. The number of carboxylic acids is 1. The molecule has 2 rings (SSSR count). The van der Waals surface area contributed by atoms with E-state index >= 15 is 0 Å². The monoisotopic (exact) mass is 250 g/mol. The molecule has 0 fully saturated rings. The minimum absolute atomic E-state index is 0.0168. The molecule has 88 valence electrons. The van der Waals surface area contributed by atoms with Crippen molar-refractivity contribution in [3.8, 4) is 5.82 Å². The molecule has 0 aliphatic carbocycles. The number of nitrogens with zero attached hydrogens (tertiary/aromatic N) is 3. The summed E-state index contributed by atoms with van der Waals surface area (Å²) in [5, 5.41) is 13.6. The van der Waals surface area contributed by atoms with Crippen molar-refractivity contribution in [3.05, 3.63) is 30.0 Å². The average Bonchev–Trinajstić information content (AvgIpc) is 2.67. The Hall–Kier alpha value is -2.02. The topological polar surface area (TPSA) is 94.0 Å². The van der Waals surface area contributed by atoms with E-state index in [1.54, 1.807) is 30.7 Å². The van der Waals surface area contributed by atoms with Crippen molar-refractivity contribution in [2.75, 3.05) is 12.0 Å². The van der Waals surface area contributed by atoms with Crippen LogP contribution in [-0.2, 0) is 0 Å². The molecule has 2 heterocycles. The van der Waals surface area contributed by atoms with Crippen molar-refractivity contribution in [1.82, 2.24) is 14.8 Å². The van der Waals surface area contributed by atoms with Gasteiger partial charge in [0.2, 0.25) is 0 Å². The zero-order valence-corrected chi connectivity index (χ0v) is 9.81. The number of aromatic nitrogens is 3. The molecule has 0 unspecified atom stereocenters. The highest BCUT2D eigenvalue weighted by Gasteiger charge is 2.22. The van der Waals surface area contributed by atoms with Crippen LogP contribution in [0.4, 0.5) is 5.82 Å². The van der Waals surface area contributed by atoms with Gasteiger partial charge in [-0.2, -0.15) is 9.78 Å². The van der Waals surface area contributed by atoms with E-state index in [0.29, 0.717) is 10.8 Å². The SMILES string of the molecule is CSc1nn(-c2ccccn2)c(N)c1C(=O)O. The second-order valence-corrected chi connectivity index (χ2v) is 3.97. The maximum atomic E-state index is 11.1. The van der Waals surface area contributed by atoms with Crippen LogP contribution < -0.4 is 5.73 Å². The summed E-state index contributed by atoms with van der Waals surface area (Å²) in [6.45, 7) is 0. The fourth-order valence-corrected chi connectivity index (χ4v) is 1.97. The van der Waals surface area contributed by atoms with Gasteiger partial charge in [-0.1, -0.05) is 6.07 Å². The van der Waals surface area contributed by atoms with Crippen LogP contribution in [0, 0.1) is 0 Å². The van der Waals surface area contributed by atoms with Crippen LogP contribution in [0.15, 0.2) is 29.4 Å². The van der Waals surface area contributed by atoms with E-state index in [2.05, 4.69) is 10.1 Å². The predicted molar refractivity (Wildman–Crippen MR) is 64.5 cm³/mol. The number of hydrogen-bond acceptors (Lipinski definition) is 5. The van der Waals surface area contributed by atoms with Crippen LogP contribution in [0.25, 0.3) is 5.82 Å². The Morgan fingerprint density at radius 3 is 2.76 bits per heavy atom. The minimum atomic E-state index is -1.09. The van der Waals surface area contributed by atoms with Crippen LogP contribution in [-0.4, -0.2) is 32.1 Å². The van der Waals surface area contributed by atoms with Crippen molar-refractivity contribution in [2.45, 2.75) is 5.03 Å². The lowest BCUT2D eigenvalue weighted by Crippen LogP contribution is -2.06. The maximum absolute atomic E-state index is 11.1. The third-order valence-electron chi connectivity index (χ3n) is 2.16. The van der Waals surface area contributed by atoms with E-state index in [1.807, 2.05) is 0 Å². The van der Waals surface area contributed by atoms with Gasteiger partial charge in [0, 0.05) is 6.20 Å². The highest BCUT2D eigenvalue weighted by molar-refractivity contribution is 7.98. The number of nitrogens with two attached hydrogens (primary N) is 1. The van der Waals surface area contributed by atoms with Gasteiger partial charge >= 0.3 is 5.97 Å². The lowest BCUT2D eigenvalue weighted by Gasteiger charge is -2.01. The van der Waals surface area contributed by atoms with Crippen LogP contribution >= 0.6 is 11.8 Å². The van der Waals surface area contributed by atoms with Crippen molar-refractivity contribution in [3.63, 3.8) is 0 Å². The first-order valence-corrected chi connectivity index (χ1v) is 5.94. The zero-order chi connectivity index (χ0) is 12.4. The Morgan fingerprint density at radius 1 is 1.53 bits per heavy atom. The van der Waals surface area contributed by atoms with Crippen LogP contribution in [0.5, 0.6) is 0 Å². The van der Waals surface area contributed by atoms with Gasteiger partial charge in [-0.15, -0.1) is 11.8 Å². The lowest BCUT2D eigenvalue weighted by molar-refractivity contribution is 0.0694. The number of pyridine rings is 1. The fraction of sp³-hybridized carbons (Fsp3) is 0.100. The average molecular weight is 250 g/mol. The number of aromatic carboxylic acids is 1. The Labute approximate surface area is 101 Å². The first-order valence-electron chi connectivity index (χ1n) is 4.72. The highest BCUT2D eigenvalue weighted by Crippen LogP contribution is 2.26. The van der Waals surface area contributed by atoms with E-state index in [1.165, 1.54) is 16.4 Å². The Balaban J connectivity index is 2.61. The number of nitrogen functional groups attached to an aromatic ring is 1. The smallest absolute Gasteiger partial charge is 0.342 e. The van der Waals surface area contributed by atoms with E-state index < -0.39 is 5.97 Å². The molecule has 2 aromatic heterocycles. The van der Waals surface area contributed by atoms with Crippen molar-refractivity contribution in [1.29, 1.82) is 0 Å². The van der Waals surface area contributed by atoms with E-state index in [-0.39, 0.29) is 11.4 Å². The molecule has 2 aromatic rings. The molecule has 0 amide bonds. The third-order valence-corrected chi connectivity index (χ3v) is 2.83. The summed E-state index contributed by atoms with van der Waals surface area (Å²) >= 11 is 1.23. The molecule has 6 nitrogen and oxygen atoms in total. The van der Waals surface area contributed by atoms with Crippen molar-refractivity contribution >= 4 is 23.5 Å². The van der Waals surface area contributed by atoms with Crippen LogP contribution in [0.3, 0.4) is 0 Å². The molecule has 0 spiro atoms. The number of carboxylic acid groups (broad SMARTS) is 1. The summed E-state index contributed by atoms with van der Waals surface area (Å²) in [5.74, 6) is -0.512. The van der Waals surface area contributed by atoms with Crippen molar-refractivity contribution in [2.24, 2.45) is 0 Å². The Morgan fingerprint density at radius 2 is 2.29 bits per heavy atom. The van der Waals surface area contributed by atoms with E-state index in [4.69, 9.17) is 10.8 Å². The van der Waals surface area contributed by atoms with E-state index in [0.717, 1.165) is 0 Å². The summed E-state index contributed by atoms with van der Waals surface area (Å²) in [6, 6.07) is 5.25. The van der Waals surface area contributed by atoms with Crippen molar-refractivity contribution < 1.29 is 9.90 Å². The standard InChI is InChI=1S/C10H10N4O2S/c1-17-9-7(10(15)16)8(11)14(13-9)6-4-2-3-5-12-6/h2-5H,11H2,1H3,(H,15,16). The Bertz CT molecular complexity index is 553. The number of hydrogen-bond donors (Lipinski definition) is 2. The molecular weight excluding hydrogens is 240 g/mol. The normalized spacial score (nSPS) is 10.4. The molecule has 0 aliphatic rings. The molecule has 3 N–H and O–H groups in total. The molecule has 0 saturated carbocycles. The number of anilines is 1. The summed E-state index contributed by atoms with van der Waals surface area (Å²) in [6.07, 6.45) is 3.34. The first-order chi connectivity index (χ1) is 8.15. The molecule has 0 aromatic carbocycles. The zero-order valence-electron chi connectivity index (χ0n) is 8.99. The van der Waals surface area contributed by atoms with Gasteiger partial charge < -0.3 is 10.8 Å². The van der Waals surface area contributed by atoms with Gasteiger partial charge in [0.05, 0.1) is 0 Å². The molecule has 0 saturated heterocycles. The lowest BCUT2D eigenvalue weighted by atomic mass is 10.3. The van der Waals surface area contributed by atoms with Gasteiger partial charge in [0.1, 0.15) is 16.4 Å². The predicted octanol–water partition coefficient (Wildman–Crippen LogP) is 1.27. The van der Waals surface area contributed by atoms with E-state index in [9.17, 15) is 4.79 Å². The molecule has 0 aliphatic heterocycles. The molecular formula is C10H10N4O2S. The summed E-state index contributed by atoms with van der Waals surface area (Å²) in [5.41, 5.74) is 5.80. The Kier molecular flexibility index (Phi) is 3.01. The summed E-state index contributed by atoms with van der Waals surface area (Å²) in [4.78, 5) is 15.2. The summed E-state index contributed by atoms with van der Waals surface area (Å²) < 4.78 is 1.33.